The van der Waals surface area contributed by atoms with Gasteiger partial charge in [-0.25, -0.2) is 0 Å². The number of likely N-dealkylation sites (tertiary alicyclic amines) is 1. The van der Waals surface area contributed by atoms with E-state index in [1.807, 2.05) is 0 Å². The second kappa shape index (κ2) is 11.0. The molecule has 0 saturated carbocycles. The molecular formula is C15H32N2. The molecule has 2 nitrogen and oxygen atoms in total. The van der Waals surface area contributed by atoms with Gasteiger partial charge in [0.15, 0.2) is 0 Å². The predicted molar refractivity (Wildman–Crippen MR) is 76.5 cm³/mol. The minimum absolute atomic E-state index is 1.19. The first-order valence-corrected chi connectivity index (χ1v) is 7.86. The van der Waals surface area contributed by atoms with Crippen LogP contribution in [0.5, 0.6) is 0 Å². The van der Waals surface area contributed by atoms with Crippen LogP contribution >= 0.6 is 0 Å². The lowest BCUT2D eigenvalue weighted by atomic mass is 10.1. The summed E-state index contributed by atoms with van der Waals surface area (Å²) in [6, 6.07) is 0. The first kappa shape index (κ1) is 15.0. The van der Waals surface area contributed by atoms with Gasteiger partial charge < -0.3 is 10.2 Å². The fourth-order valence-corrected chi connectivity index (χ4v) is 2.58. The lowest BCUT2D eigenvalue weighted by molar-refractivity contribution is 0.335. The van der Waals surface area contributed by atoms with Crippen molar-refractivity contribution in [2.45, 2.75) is 64.7 Å². The van der Waals surface area contributed by atoms with Gasteiger partial charge in [0.05, 0.1) is 0 Å². The van der Waals surface area contributed by atoms with E-state index >= 15 is 0 Å². The van der Waals surface area contributed by atoms with Crippen LogP contribution < -0.4 is 5.32 Å². The molecule has 0 radical (unpaired) electrons. The monoisotopic (exact) mass is 240 g/mol. The van der Waals surface area contributed by atoms with E-state index in [9.17, 15) is 0 Å². The molecule has 0 aromatic rings. The lowest BCUT2D eigenvalue weighted by Crippen LogP contribution is -2.30. The molecule has 0 aromatic carbocycles. The summed E-state index contributed by atoms with van der Waals surface area (Å²) in [6.07, 6.45) is 12.7. The molecule has 0 unspecified atom stereocenters. The fraction of sp³-hybridized carbons (Fsp3) is 1.00. The first-order chi connectivity index (χ1) is 8.43. The third-order valence-corrected chi connectivity index (χ3v) is 3.76. The number of hydrogen-bond donors (Lipinski definition) is 1. The van der Waals surface area contributed by atoms with Gasteiger partial charge in [-0.2, -0.15) is 0 Å². The normalized spacial score (nSPS) is 16.8. The Bertz CT molecular complexity index is 153. The van der Waals surface area contributed by atoms with Crippen LogP contribution in [0.15, 0.2) is 0 Å². The van der Waals surface area contributed by atoms with Crippen molar-refractivity contribution in [2.24, 2.45) is 0 Å². The fourth-order valence-electron chi connectivity index (χ4n) is 2.58. The van der Waals surface area contributed by atoms with E-state index in [2.05, 4.69) is 17.1 Å². The average molecular weight is 240 g/mol. The number of unbranched alkanes of at least 4 members (excludes halogenated alkanes) is 6. The van der Waals surface area contributed by atoms with Gasteiger partial charge in [0, 0.05) is 13.1 Å². The highest BCUT2D eigenvalue weighted by Crippen LogP contribution is 2.07. The molecule has 0 aliphatic carbocycles. The molecule has 1 aliphatic rings. The Morgan fingerprint density at radius 1 is 0.824 bits per heavy atom. The van der Waals surface area contributed by atoms with Crippen LogP contribution in [-0.4, -0.2) is 37.6 Å². The minimum atomic E-state index is 1.19. The van der Waals surface area contributed by atoms with Crippen LogP contribution in [-0.2, 0) is 0 Å². The number of hydrogen-bond acceptors (Lipinski definition) is 2. The van der Waals surface area contributed by atoms with Crippen LogP contribution in [0.2, 0.25) is 0 Å². The van der Waals surface area contributed by atoms with Crippen molar-refractivity contribution in [3.05, 3.63) is 0 Å². The van der Waals surface area contributed by atoms with Crippen LogP contribution in [0.25, 0.3) is 0 Å². The second-order valence-electron chi connectivity index (χ2n) is 5.42. The molecule has 17 heavy (non-hydrogen) atoms. The Morgan fingerprint density at radius 3 is 2.18 bits per heavy atom. The zero-order valence-corrected chi connectivity index (χ0v) is 11.8. The largest absolute Gasteiger partial charge is 0.315 e. The topological polar surface area (TPSA) is 15.3 Å². The zero-order chi connectivity index (χ0) is 12.2. The number of rotatable bonds is 11. The highest BCUT2D eigenvalue weighted by molar-refractivity contribution is 4.66. The highest BCUT2D eigenvalue weighted by atomic mass is 15.1. The van der Waals surface area contributed by atoms with Crippen molar-refractivity contribution in [3.8, 4) is 0 Å². The summed E-state index contributed by atoms with van der Waals surface area (Å²) < 4.78 is 0. The van der Waals surface area contributed by atoms with Crippen LogP contribution in [0.3, 0.4) is 0 Å². The maximum absolute atomic E-state index is 3.57. The highest BCUT2D eigenvalue weighted by Gasteiger charge is 2.09. The molecule has 1 fully saturated rings. The van der Waals surface area contributed by atoms with Crippen LogP contribution in [0.4, 0.5) is 0 Å². The third-order valence-electron chi connectivity index (χ3n) is 3.76. The van der Waals surface area contributed by atoms with E-state index in [1.54, 1.807) is 0 Å². The van der Waals surface area contributed by atoms with Gasteiger partial charge in [-0.3, -0.25) is 0 Å². The van der Waals surface area contributed by atoms with Gasteiger partial charge >= 0.3 is 0 Å². The Kier molecular flexibility index (Phi) is 9.72. The van der Waals surface area contributed by atoms with E-state index in [4.69, 9.17) is 0 Å². The van der Waals surface area contributed by atoms with Gasteiger partial charge in [0.2, 0.25) is 0 Å². The standard InChI is InChI=1S/C15H32N2/c1-2-3-4-5-6-7-8-11-16-12-15-17-13-9-10-14-17/h16H,2-15H2,1H3. The molecule has 102 valence electrons. The first-order valence-electron chi connectivity index (χ1n) is 7.86. The summed E-state index contributed by atoms with van der Waals surface area (Å²) in [7, 11) is 0. The number of nitrogens with one attached hydrogen (secondary N) is 1. The average Bonchev–Trinajstić information content (AvgIpc) is 2.85. The summed E-state index contributed by atoms with van der Waals surface area (Å²) in [5, 5.41) is 3.57. The summed E-state index contributed by atoms with van der Waals surface area (Å²) in [5.74, 6) is 0. The van der Waals surface area contributed by atoms with Gasteiger partial charge in [-0.1, -0.05) is 45.4 Å². The van der Waals surface area contributed by atoms with Gasteiger partial charge in [0.25, 0.3) is 0 Å². The van der Waals surface area contributed by atoms with Crippen molar-refractivity contribution in [2.75, 3.05) is 32.7 Å². The van der Waals surface area contributed by atoms with Gasteiger partial charge in [0.1, 0.15) is 0 Å². The quantitative estimate of drug-likeness (QED) is 0.557. The van der Waals surface area contributed by atoms with E-state index in [0.717, 1.165) is 0 Å². The maximum Gasteiger partial charge on any atom is 0.0107 e. The maximum atomic E-state index is 3.57. The van der Waals surface area contributed by atoms with Gasteiger partial charge in [-0.15, -0.1) is 0 Å². The zero-order valence-electron chi connectivity index (χ0n) is 11.8. The molecule has 1 aliphatic heterocycles. The number of nitrogens with zero attached hydrogens (tertiary/aromatic N) is 1. The van der Waals surface area contributed by atoms with Gasteiger partial charge in [-0.05, 0) is 38.9 Å². The molecule has 0 amide bonds. The van der Waals surface area contributed by atoms with E-state index in [1.165, 1.54) is 90.5 Å². The molecular weight excluding hydrogens is 208 g/mol. The Hall–Kier alpha value is -0.0800. The van der Waals surface area contributed by atoms with E-state index in [-0.39, 0.29) is 0 Å². The SMILES string of the molecule is CCCCCCCCCNCCN1CCCC1. The summed E-state index contributed by atoms with van der Waals surface area (Å²) in [6.45, 7) is 8.62. The molecule has 0 atom stereocenters. The third kappa shape index (κ3) is 8.62. The van der Waals surface area contributed by atoms with E-state index < -0.39 is 0 Å². The minimum Gasteiger partial charge on any atom is -0.315 e. The molecule has 1 saturated heterocycles. The summed E-state index contributed by atoms with van der Waals surface area (Å²) in [4.78, 5) is 2.58. The molecule has 0 bridgehead atoms. The van der Waals surface area contributed by atoms with Crippen molar-refractivity contribution in [3.63, 3.8) is 0 Å². The van der Waals surface area contributed by atoms with Crippen LogP contribution in [0.1, 0.15) is 64.7 Å². The van der Waals surface area contributed by atoms with Crippen molar-refractivity contribution < 1.29 is 0 Å². The molecule has 2 heteroatoms. The molecule has 0 spiro atoms. The van der Waals surface area contributed by atoms with E-state index in [0.29, 0.717) is 0 Å². The Morgan fingerprint density at radius 2 is 1.47 bits per heavy atom. The summed E-state index contributed by atoms with van der Waals surface area (Å²) >= 11 is 0. The molecule has 1 heterocycles. The predicted octanol–water partition coefficient (Wildman–Crippen LogP) is 3.42. The molecule has 1 N–H and O–H groups in total. The Labute approximate surface area is 108 Å². The van der Waals surface area contributed by atoms with Crippen LogP contribution in [0, 0.1) is 0 Å². The summed E-state index contributed by atoms with van der Waals surface area (Å²) in [5.41, 5.74) is 0. The van der Waals surface area contributed by atoms with Crippen molar-refractivity contribution >= 4 is 0 Å². The Balaban J connectivity index is 1.69. The van der Waals surface area contributed by atoms with Crippen molar-refractivity contribution in [1.29, 1.82) is 0 Å². The molecule has 0 aromatic heterocycles. The molecule has 1 rings (SSSR count). The second-order valence-corrected chi connectivity index (χ2v) is 5.42. The smallest absolute Gasteiger partial charge is 0.0107 e. The lowest BCUT2D eigenvalue weighted by Gasteiger charge is -2.14. The van der Waals surface area contributed by atoms with Crippen molar-refractivity contribution in [1.82, 2.24) is 10.2 Å².